The normalized spacial score (nSPS) is 21.6. The number of fused-ring (bicyclic) bond motifs is 4. The summed E-state index contributed by atoms with van der Waals surface area (Å²) in [5, 5.41) is 23.6. The van der Waals surface area contributed by atoms with Crippen molar-refractivity contribution < 1.29 is 48.1 Å². The first-order valence-corrected chi connectivity index (χ1v) is 24.3. The third-order valence-corrected chi connectivity index (χ3v) is 13.2. The fraction of sp³-hybridized carbons (Fsp3) is 0.389. The number of benzene rings is 4. The Balaban J connectivity index is 1.16. The highest BCUT2D eigenvalue weighted by Crippen LogP contribution is 2.39. The van der Waals surface area contributed by atoms with E-state index in [4.69, 9.17) is 15.2 Å². The summed E-state index contributed by atoms with van der Waals surface area (Å²) < 4.78 is 11.3. The number of carbonyl (C=O) groups excluding carboxylic acids is 6. The van der Waals surface area contributed by atoms with E-state index in [1.807, 2.05) is 72.8 Å². The highest BCUT2D eigenvalue weighted by atomic mass is 16.5. The summed E-state index contributed by atoms with van der Waals surface area (Å²) in [6.45, 7) is 1.86. The number of amides is 6. The van der Waals surface area contributed by atoms with Crippen molar-refractivity contribution >= 4 is 41.4 Å². The summed E-state index contributed by atoms with van der Waals surface area (Å²) in [7, 11) is 0. The lowest BCUT2D eigenvalue weighted by Gasteiger charge is -2.42. The van der Waals surface area contributed by atoms with Gasteiger partial charge in [0.05, 0.1) is 31.7 Å². The van der Waals surface area contributed by atoms with Gasteiger partial charge in [-0.15, -0.1) is 0 Å². The molecular formula is C54H63N7O10. The number of hydrogen-bond donors (Lipinski definition) is 7. The molecule has 4 atom stereocenters. The van der Waals surface area contributed by atoms with E-state index < -0.39 is 58.9 Å². The fourth-order valence-corrected chi connectivity index (χ4v) is 9.40. The predicted molar refractivity (Wildman–Crippen MR) is 265 cm³/mol. The van der Waals surface area contributed by atoms with E-state index in [1.54, 1.807) is 29.2 Å². The first-order chi connectivity index (χ1) is 34.4. The van der Waals surface area contributed by atoms with Gasteiger partial charge in [0.1, 0.15) is 17.8 Å². The van der Waals surface area contributed by atoms with Crippen LogP contribution >= 0.6 is 0 Å². The average molecular weight is 970 g/mol. The summed E-state index contributed by atoms with van der Waals surface area (Å²) in [6, 6.07) is 28.1. The fourth-order valence-electron chi connectivity index (χ4n) is 9.40. The van der Waals surface area contributed by atoms with E-state index in [2.05, 4.69) is 26.6 Å². The first-order valence-electron chi connectivity index (χ1n) is 24.3. The molecular weight excluding hydrogens is 907 g/mol. The molecule has 3 heterocycles. The zero-order chi connectivity index (χ0) is 50.2. The molecule has 374 valence electrons. The molecule has 71 heavy (non-hydrogen) atoms. The molecule has 4 aromatic carbocycles. The third-order valence-electron chi connectivity index (χ3n) is 13.2. The van der Waals surface area contributed by atoms with Gasteiger partial charge in [-0.2, -0.15) is 0 Å². The van der Waals surface area contributed by atoms with Gasteiger partial charge in [0.15, 0.2) is 0 Å². The van der Waals surface area contributed by atoms with E-state index in [-0.39, 0.29) is 70.8 Å². The van der Waals surface area contributed by atoms with Gasteiger partial charge in [-0.25, -0.2) is 0 Å². The SMILES string of the molecule is NCCOCCNC(=O)[C@@H]1CCNC(=O)/C=C/C(=O)N2CCC[C@](Cc3ccccc3)(C2)C(=O)N[C@@H](Cc2ccc(-c3ccc4c(c3)OC[C@@H]4CCC(=O)O)cc2)C(=O)NCc2ccccc2CC(=O)N1. The van der Waals surface area contributed by atoms with Crippen molar-refractivity contribution in [1.82, 2.24) is 31.5 Å². The predicted octanol–water partition coefficient (Wildman–Crippen LogP) is 3.08. The minimum Gasteiger partial charge on any atom is -0.493 e. The Morgan fingerprint density at radius 1 is 0.859 bits per heavy atom. The van der Waals surface area contributed by atoms with Gasteiger partial charge in [-0.3, -0.25) is 33.6 Å². The molecule has 17 heteroatoms. The van der Waals surface area contributed by atoms with Gasteiger partial charge in [-0.05, 0) is 71.6 Å². The lowest BCUT2D eigenvalue weighted by molar-refractivity contribution is -0.142. The zero-order valence-electron chi connectivity index (χ0n) is 39.8. The van der Waals surface area contributed by atoms with Crippen LogP contribution < -0.4 is 37.1 Å². The number of ether oxygens (including phenoxy) is 2. The van der Waals surface area contributed by atoms with Crippen molar-refractivity contribution in [2.75, 3.05) is 52.5 Å². The van der Waals surface area contributed by atoms with E-state index in [1.165, 1.54) is 0 Å². The maximum atomic E-state index is 15.0. The number of piperidine rings is 1. The lowest BCUT2D eigenvalue weighted by atomic mass is 9.74. The largest absolute Gasteiger partial charge is 0.493 e. The zero-order valence-corrected chi connectivity index (χ0v) is 39.8. The van der Waals surface area contributed by atoms with Crippen LogP contribution in [0.4, 0.5) is 0 Å². The minimum atomic E-state index is -1.14. The first kappa shape index (κ1) is 51.5. The van der Waals surface area contributed by atoms with Gasteiger partial charge >= 0.3 is 5.97 Å². The Kier molecular flexibility index (Phi) is 18.1. The number of nitrogens with one attached hydrogen (secondary N) is 5. The number of hydrogen-bond acceptors (Lipinski definition) is 10. The minimum absolute atomic E-state index is 0.000624. The number of carboxylic acid groups (broad SMARTS) is 1. The molecule has 0 spiro atoms. The highest BCUT2D eigenvalue weighted by Gasteiger charge is 2.44. The van der Waals surface area contributed by atoms with Crippen molar-refractivity contribution in [2.45, 2.75) is 75.9 Å². The topological polar surface area (TPSA) is 248 Å². The molecule has 17 nitrogen and oxygen atoms in total. The van der Waals surface area contributed by atoms with Crippen LogP contribution in [0.25, 0.3) is 11.1 Å². The van der Waals surface area contributed by atoms with E-state index >= 15 is 4.79 Å². The molecule has 6 amide bonds. The van der Waals surface area contributed by atoms with Crippen molar-refractivity contribution in [3.05, 3.63) is 137 Å². The maximum absolute atomic E-state index is 15.0. The Morgan fingerprint density at radius 2 is 1.62 bits per heavy atom. The number of carbonyl (C=O) groups is 7. The van der Waals surface area contributed by atoms with Crippen LogP contribution in [0.15, 0.2) is 109 Å². The monoisotopic (exact) mass is 969 g/mol. The van der Waals surface area contributed by atoms with Gasteiger partial charge in [-0.1, -0.05) is 91.0 Å². The summed E-state index contributed by atoms with van der Waals surface area (Å²) in [4.78, 5) is 96.1. The number of nitrogens with two attached hydrogens (primary N) is 1. The van der Waals surface area contributed by atoms with E-state index in [0.29, 0.717) is 56.7 Å². The molecule has 3 aliphatic rings. The van der Waals surface area contributed by atoms with Gasteiger partial charge in [0.25, 0.3) is 0 Å². The molecule has 4 aromatic rings. The molecule has 0 aliphatic carbocycles. The Morgan fingerprint density at radius 3 is 2.39 bits per heavy atom. The molecule has 7 rings (SSSR count). The Hall–Kier alpha value is -7.37. The van der Waals surface area contributed by atoms with Crippen molar-refractivity contribution in [3.8, 4) is 16.9 Å². The molecule has 3 aliphatic heterocycles. The smallest absolute Gasteiger partial charge is 0.303 e. The highest BCUT2D eigenvalue weighted by molar-refractivity contribution is 5.97. The van der Waals surface area contributed by atoms with Crippen molar-refractivity contribution in [3.63, 3.8) is 0 Å². The number of nitrogens with zero attached hydrogens (tertiary/aromatic N) is 1. The standard InChI is InChI=1S/C54H63N7O10/c55-23-27-70-28-25-57-51(67)44-21-24-56-47(62)18-19-49(64)61-26-6-22-54(35-61,32-37-7-2-1-3-8-37)53(69)60-45(52(68)58-33-41-10-5-4-9-39(41)31-48(63)59-44)29-36-11-13-38(14-12-36)40-15-17-43-42(16-20-50(65)66)34-71-46(43)30-40/h1-5,7-15,17-19,30,42,44-45H,6,16,20-29,31-35,55H2,(H,56,62)(H,57,67)(H,58,68)(H,59,63)(H,60,69)(H,65,66)/b19-18+/t42-,44-,45-,54-/m0/s1. The summed E-state index contributed by atoms with van der Waals surface area (Å²) in [6.07, 6.45) is 4.07. The quantitative estimate of drug-likeness (QED) is 0.0906. The second-order valence-corrected chi connectivity index (χ2v) is 18.3. The Bertz CT molecular complexity index is 2570. The molecule has 2 bridgehead atoms. The average Bonchev–Trinajstić information content (AvgIpc) is 3.78. The molecule has 0 unspecified atom stereocenters. The van der Waals surface area contributed by atoms with Crippen LogP contribution in [0, 0.1) is 5.41 Å². The second-order valence-electron chi connectivity index (χ2n) is 18.3. The molecule has 1 fully saturated rings. The summed E-state index contributed by atoms with van der Waals surface area (Å²) >= 11 is 0. The van der Waals surface area contributed by atoms with Crippen LogP contribution in [-0.2, 0) is 64.1 Å². The number of aliphatic carboxylic acids is 1. The molecule has 0 saturated carbocycles. The Labute approximate surface area is 413 Å². The summed E-state index contributed by atoms with van der Waals surface area (Å²) in [5.74, 6) is -2.95. The van der Waals surface area contributed by atoms with E-state index in [9.17, 15) is 33.9 Å². The van der Waals surface area contributed by atoms with Gasteiger partial charge in [0.2, 0.25) is 35.4 Å². The van der Waals surface area contributed by atoms with Crippen molar-refractivity contribution in [2.24, 2.45) is 11.1 Å². The number of carboxylic acids is 1. The molecule has 8 N–H and O–H groups in total. The molecule has 0 aromatic heterocycles. The van der Waals surface area contributed by atoms with Crippen molar-refractivity contribution in [1.29, 1.82) is 0 Å². The van der Waals surface area contributed by atoms with Gasteiger partial charge in [0, 0.05) is 75.7 Å². The van der Waals surface area contributed by atoms with Gasteiger partial charge < -0.3 is 51.8 Å². The summed E-state index contributed by atoms with van der Waals surface area (Å²) in [5.41, 5.74) is 10.0. The van der Waals surface area contributed by atoms with Crippen LogP contribution in [0.2, 0.25) is 0 Å². The van der Waals surface area contributed by atoms with Crippen LogP contribution in [0.3, 0.4) is 0 Å². The molecule has 1 saturated heterocycles. The lowest BCUT2D eigenvalue weighted by Crippen LogP contribution is -2.58. The van der Waals surface area contributed by atoms with Crippen LogP contribution in [0.5, 0.6) is 5.75 Å². The number of rotatable bonds is 14. The second kappa shape index (κ2) is 25.0. The van der Waals surface area contributed by atoms with Crippen LogP contribution in [-0.4, -0.2) is 116 Å². The molecule has 0 radical (unpaired) electrons. The van der Waals surface area contributed by atoms with E-state index in [0.717, 1.165) is 45.7 Å². The maximum Gasteiger partial charge on any atom is 0.303 e. The van der Waals surface area contributed by atoms with Crippen LogP contribution in [0.1, 0.15) is 65.8 Å². The third kappa shape index (κ3) is 14.4.